The minimum atomic E-state index is -3.06. The van der Waals surface area contributed by atoms with Crippen LogP contribution in [0.25, 0.3) is 16.8 Å². The predicted octanol–water partition coefficient (Wildman–Crippen LogP) is 6.93. The molecule has 1 saturated heterocycles. The van der Waals surface area contributed by atoms with E-state index in [1.807, 2.05) is 55.9 Å². The Labute approximate surface area is 301 Å². The molecule has 3 atom stereocenters. The van der Waals surface area contributed by atoms with Gasteiger partial charge in [0.15, 0.2) is 11.8 Å². The van der Waals surface area contributed by atoms with Gasteiger partial charge in [-0.3, -0.25) is 19.8 Å². The van der Waals surface area contributed by atoms with Crippen LogP contribution in [0.5, 0.6) is 0 Å². The fourth-order valence-electron chi connectivity index (χ4n) is 6.62. The highest BCUT2D eigenvalue weighted by molar-refractivity contribution is 6.32. The molecule has 0 unspecified atom stereocenters. The van der Waals surface area contributed by atoms with Gasteiger partial charge in [0.05, 0.1) is 29.0 Å². The molecule has 1 aliphatic heterocycles. The van der Waals surface area contributed by atoms with Crippen molar-refractivity contribution in [1.29, 1.82) is 5.41 Å². The highest BCUT2D eigenvalue weighted by atomic mass is 35.5. The van der Waals surface area contributed by atoms with Gasteiger partial charge in [-0.15, -0.1) is 0 Å². The third kappa shape index (κ3) is 6.83. The molecule has 4 aromatic rings. The molecule has 2 aliphatic carbocycles. The van der Waals surface area contributed by atoms with Crippen LogP contribution in [0.4, 0.5) is 22.4 Å². The number of nitrogens with one attached hydrogen (secondary N) is 3. The molecule has 7 rings (SSSR count). The van der Waals surface area contributed by atoms with Gasteiger partial charge < -0.3 is 15.4 Å². The summed E-state index contributed by atoms with van der Waals surface area (Å²) in [6, 6.07) is 9.48. The summed E-state index contributed by atoms with van der Waals surface area (Å²) in [5, 5.41) is 22.8. The van der Waals surface area contributed by atoms with Gasteiger partial charge >= 0.3 is 6.09 Å². The molecule has 2 aromatic heterocycles. The molecule has 274 valence electrons. The fourth-order valence-corrected chi connectivity index (χ4v) is 6.82. The number of halogens is 5. The Kier molecular flexibility index (Phi) is 8.78. The number of ether oxygens (including phenoxy) is 1. The lowest BCUT2D eigenvalue weighted by Gasteiger charge is -2.35. The average molecular weight is 742 g/mol. The van der Waals surface area contributed by atoms with E-state index in [1.165, 1.54) is 18.2 Å². The Balaban J connectivity index is 1.25. The molecule has 2 amide bonds. The van der Waals surface area contributed by atoms with Crippen molar-refractivity contribution < 1.29 is 31.9 Å². The Hall–Kier alpha value is -4.99. The molecular formula is C35H36ClF4N9O3. The Morgan fingerprint density at radius 1 is 1.13 bits per heavy atom. The topological polar surface area (TPSA) is 143 Å². The predicted molar refractivity (Wildman–Crippen MR) is 181 cm³/mol. The summed E-state index contributed by atoms with van der Waals surface area (Å²) >= 11 is 6.44. The third-order valence-corrected chi connectivity index (χ3v) is 9.66. The monoisotopic (exact) mass is 741 g/mol. The normalized spacial score (nSPS) is 21.7. The molecule has 12 nitrogen and oxygen atoms in total. The minimum absolute atomic E-state index is 0.00766. The van der Waals surface area contributed by atoms with Crippen molar-refractivity contribution in [2.45, 2.75) is 82.5 Å². The summed E-state index contributed by atoms with van der Waals surface area (Å²) in [4.78, 5) is 32.3. The second kappa shape index (κ2) is 12.9. The molecular weight excluding hydrogens is 706 g/mol. The number of aromatic nitrogens is 5. The van der Waals surface area contributed by atoms with Crippen molar-refractivity contribution in [3.63, 3.8) is 0 Å². The first-order valence-corrected chi connectivity index (χ1v) is 17.1. The van der Waals surface area contributed by atoms with Crippen LogP contribution in [0.1, 0.15) is 81.9 Å². The van der Waals surface area contributed by atoms with Gasteiger partial charge in [0.2, 0.25) is 0 Å². The summed E-state index contributed by atoms with van der Waals surface area (Å²) < 4.78 is 63.0. The zero-order chi connectivity index (χ0) is 37.2. The van der Waals surface area contributed by atoms with Gasteiger partial charge in [0.1, 0.15) is 24.5 Å². The number of alkyl carbamates (subject to hydrolysis) is 1. The van der Waals surface area contributed by atoms with E-state index in [4.69, 9.17) is 21.7 Å². The standard InChI is InChI=1S/C35H36ClF4N9O3/c1-33(2,3)17-34(22-7-4-19(5-8-22)21-14-43-47(15-21)23-9-10-23)30(50)48(31(41)46-34)26(16-52-32(51)45-27-13-35(27,39)40)20-6-11-24(36)25(12-20)49-29(28(37)38)42-18-44-49/h4-8,11-12,14-15,18,23,26-28H,9-10,13,16-17H2,1-3H3,(H2,41,46)(H,45,51)/t26-,27+,34-/m1/s1. The maximum absolute atomic E-state index is 14.9. The van der Waals surface area contributed by atoms with Gasteiger partial charge in [0.25, 0.3) is 18.3 Å². The summed E-state index contributed by atoms with van der Waals surface area (Å²) in [5.74, 6) is -4.61. The van der Waals surface area contributed by atoms with Crippen LogP contribution in [0.3, 0.4) is 0 Å². The Bertz CT molecular complexity index is 2030. The molecule has 2 aromatic carbocycles. The average Bonchev–Trinajstić information content (AvgIpc) is 3.81. The van der Waals surface area contributed by atoms with Gasteiger partial charge in [0, 0.05) is 18.2 Å². The first-order chi connectivity index (χ1) is 24.6. The van der Waals surface area contributed by atoms with Crippen molar-refractivity contribution in [3.8, 4) is 16.8 Å². The number of alkyl halides is 4. The molecule has 0 radical (unpaired) electrons. The molecule has 52 heavy (non-hydrogen) atoms. The van der Waals surface area contributed by atoms with Crippen LogP contribution in [0.15, 0.2) is 61.2 Å². The van der Waals surface area contributed by atoms with E-state index in [9.17, 15) is 27.2 Å². The molecule has 2 saturated carbocycles. The van der Waals surface area contributed by atoms with Crippen LogP contribution in [0, 0.1) is 10.8 Å². The second-order valence-corrected chi connectivity index (χ2v) is 15.0. The highest BCUT2D eigenvalue weighted by Crippen LogP contribution is 2.44. The lowest BCUT2D eigenvalue weighted by molar-refractivity contribution is -0.134. The minimum Gasteiger partial charge on any atom is -0.447 e. The van der Waals surface area contributed by atoms with Gasteiger partial charge in [-0.05, 0) is 53.5 Å². The van der Waals surface area contributed by atoms with Crippen LogP contribution < -0.4 is 10.6 Å². The van der Waals surface area contributed by atoms with Crippen molar-refractivity contribution in [2.75, 3.05) is 6.61 Å². The maximum atomic E-state index is 14.9. The lowest BCUT2D eigenvalue weighted by atomic mass is 9.75. The number of nitrogens with zero attached hydrogens (tertiary/aromatic N) is 6. The number of carbonyl (C=O) groups excluding carboxylic acids is 2. The number of benzene rings is 2. The van der Waals surface area contributed by atoms with Crippen LogP contribution in [-0.2, 0) is 15.1 Å². The number of hydrogen-bond acceptors (Lipinski definition) is 7. The van der Waals surface area contributed by atoms with Gasteiger partial charge in [-0.1, -0.05) is 62.7 Å². The van der Waals surface area contributed by atoms with Gasteiger partial charge in [-0.25, -0.2) is 32.0 Å². The molecule has 3 heterocycles. The van der Waals surface area contributed by atoms with E-state index in [-0.39, 0.29) is 28.7 Å². The van der Waals surface area contributed by atoms with E-state index in [2.05, 4.69) is 25.8 Å². The molecule has 0 bridgehead atoms. The summed E-state index contributed by atoms with van der Waals surface area (Å²) in [6.07, 6.45) is 2.47. The van der Waals surface area contributed by atoms with Crippen LogP contribution in [-0.4, -0.2) is 66.0 Å². The van der Waals surface area contributed by atoms with Crippen LogP contribution >= 0.6 is 11.6 Å². The van der Waals surface area contributed by atoms with Crippen LogP contribution in [0.2, 0.25) is 5.02 Å². The van der Waals surface area contributed by atoms with Crippen molar-refractivity contribution >= 4 is 29.6 Å². The van der Waals surface area contributed by atoms with E-state index in [0.717, 1.165) is 39.9 Å². The van der Waals surface area contributed by atoms with Gasteiger partial charge in [-0.2, -0.15) is 10.2 Å². The number of amides is 2. The van der Waals surface area contributed by atoms with Crippen molar-refractivity contribution in [2.24, 2.45) is 5.41 Å². The van der Waals surface area contributed by atoms with Crippen molar-refractivity contribution in [3.05, 3.63) is 83.2 Å². The first-order valence-electron chi connectivity index (χ1n) is 16.7. The zero-order valence-electron chi connectivity index (χ0n) is 28.4. The SMILES string of the molecule is CC(C)(C)C[C@]1(c2ccc(-c3cnn(C4CC4)c3)cc2)NC(=N)N([C@H](COC(=O)N[C@H]2CC2(F)F)c2ccc(Cl)c(-n3ncnc3C(F)F)c2)C1=O. The Morgan fingerprint density at radius 3 is 2.48 bits per heavy atom. The van der Waals surface area contributed by atoms with Crippen molar-refractivity contribution in [1.82, 2.24) is 40.1 Å². The quantitative estimate of drug-likeness (QED) is 0.142. The number of hydrogen-bond donors (Lipinski definition) is 3. The highest BCUT2D eigenvalue weighted by Gasteiger charge is 2.58. The van der Waals surface area contributed by atoms with E-state index < -0.39 is 66.2 Å². The second-order valence-electron chi connectivity index (χ2n) is 14.6. The molecule has 3 aliphatic rings. The molecule has 17 heteroatoms. The lowest BCUT2D eigenvalue weighted by Crippen LogP contribution is -2.47. The number of rotatable bonds is 11. The Morgan fingerprint density at radius 2 is 1.85 bits per heavy atom. The molecule has 3 fully saturated rings. The number of guanidine groups is 1. The van der Waals surface area contributed by atoms with E-state index >= 15 is 0 Å². The molecule has 3 N–H and O–H groups in total. The summed E-state index contributed by atoms with van der Waals surface area (Å²) in [7, 11) is 0. The largest absolute Gasteiger partial charge is 0.447 e. The molecule has 0 spiro atoms. The van der Waals surface area contributed by atoms with E-state index in [0.29, 0.717) is 11.6 Å². The maximum Gasteiger partial charge on any atom is 0.407 e. The smallest absolute Gasteiger partial charge is 0.407 e. The fraction of sp³-hybridized carbons (Fsp3) is 0.429. The van der Waals surface area contributed by atoms with E-state index in [1.54, 1.807) is 6.20 Å². The summed E-state index contributed by atoms with van der Waals surface area (Å²) in [5.41, 5.74) is 0.711. The third-order valence-electron chi connectivity index (χ3n) is 9.34. The first kappa shape index (κ1) is 35.4. The summed E-state index contributed by atoms with van der Waals surface area (Å²) in [6.45, 7) is 5.29. The zero-order valence-corrected chi connectivity index (χ0v) is 29.2. The number of carbonyl (C=O) groups is 2.